The van der Waals surface area contributed by atoms with Crippen LogP contribution < -0.4 is 0 Å². The maximum atomic E-state index is 13.6. The van der Waals surface area contributed by atoms with E-state index in [1.165, 1.54) is 24.6 Å². The first kappa shape index (κ1) is 31.7. The Morgan fingerprint density at radius 1 is 0.868 bits per heavy atom. The van der Waals surface area contributed by atoms with Gasteiger partial charge in [-0.3, -0.25) is 0 Å². The first-order chi connectivity index (χ1) is 17.9. The van der Waals surface area contributed by atoms with Crippen LogP contribution in [0.2, 0.25) is 0 Å². The van der Waals surface area contributed by atoms with Crippen LogP contribution in [-0.2, 0) is 12.8 Å². The van der Waals surface area contributed by atoms with Crippen molar-refractivity contribution in [2.75, 3.05) is 13.1 Å². The van der Waals surface area contributed by atoms with E-state index in [2.05, 4.69) is 30.9 Å². The normalized spacial score (nSPS) is 20.8. The van der Waals surface area contributed by atoms with Gasteiger partial charge in [0.1, 0.15) is 0 Å². The van der Waals surface area contributed by atoms with E-state index in [9.17, 15) is 26.3 Å². The minimum Gasteiger partial charge on any atom is -0.301 e. The molecule has 1 aliphatic carbocycles. The maximum Gasteiger partial charge on any atom is 0.392 e. The van der Waals surface area contributed by atoms with Gasteiger partial charge < -0.3 is 4.90 Å². The molecule has 210 valence electrons. The lowest BCUT2D eigenvalue weighted by molar-refractivity contribution is -0.231. The van der Waals surface area contributed by atoms with Crippen molar-refractivity contribution in [2.24, 2.45) is 11.8 Å². The van der Waals surface area contributed by atoms with Gasteiger partial charge in [-0.1, -0.05) is 67.9 Å². The van der Waals surface area contributed by atoms with Gasteiger partial charge >= 0.3 is 12.4 Å². The summed E-state index contributed by atoms with van der Waals surface area (Å²) in [7, 11) is 0. The Morgan fingerprint density at radius 2 is 1.37 bits per heavy atom. The predicted molar refractivity (Wildman–Crippen MR) is 139 cm³/mol. The summed E-state index contributed by atoms with van der Waals surface area (Å²) in [5.41, 5.74) is 2.36. The highest BCUT2D eigenvalue weighted by molar-refractivity contribution is 5.28. The molecule has 1 aliphatic rings. The molecule has 2 aromatic rings. The minimum absolute atomic E-state index is 0.0565. The lowest BCUT2D eigenvalue weighted by atomic mass is 9.68. The first-order valence-corrected chi connectivity index (χ1v) is 13.2. The standard InChI is InChI=1S/C28H35F6N.C2H3N/c1-3-35(19-18-21-8-5-4-6-9-21)20(2)12-13-22-14-16-23(17-15-22)26-24(27(29,30)31)10-7-11-25(26)28(32,33)34;1-2-3/h4-6,8-9,14-17,20,24-26H,3,7,10-13,18-19H2,1-2H3;1H3. The summed E-state index contributed by atoms with van der Waals surface area (Å²) >= 11 is 0. The highest BCUT2D eigenvalue weighted by Gasteiger charge is 2.56. The third-order valence-electron chi connectivity index (χ3n) is 7.51. The molecule has 0 saturated heterocycles. The lowest BCUT2D eigenvalue weighted by Crippen LogP contribution is -2.42. The Hall–Kier alpha value is -2.53. The van der Waals surface area contributed by atoms with Gasteiger partial charge in [0, 0.05) is 25.4 Å². The second-order valence-electron chi connectivity index (χ2n) is 9.97. The molecular weight excluding hydrogens is 502 g/mol. The quantitative estimate of drug-likeness (QED) is 0.298. The minimum atomic E-state index is -4.65. The molecule has 3 atom stereocenters. The fourth-order valence-electron chi connectivity index (χ4n) is 5.47. The number of rotatable bonds is 9. The molecule has 38 heavy (non-hydrogen) atoms. The summed E-state index contributed by atoms with van der Waals surface area (Å²) in [6.45, 7) is 7.55. The largest absolute Gasteiger partial charge is 0.392 e. The van der Waals surface area contributed by atoms with Crippen molar-refractivity contribution in [1.82, 2.24) is 4.90 Å². The number of likely N-dealkylation sites (N-methyl/N-ethyl adjacent to an activating group) is 1. The van der Waals surface area contributed by atoms with E-state index in [0.29, 0.717) is 6.04 Å². The van der Waals surface area contributed by atoms with Gasteiger partial charge in [-0.2, -0.15) is 31.6 Å². The molecule has 0 heterocycles. The number of benzene rings is 2. The van der Waals surface area contributed by atoms with Gasteiger partial charge in [-0.05, 0) is 62.3 Å². The zero-order chi connectivity index (χ0) is 28.3. The molecule has 0 aromatic heterocycles. The molecule has 0 bridgehead atoms. The summed E-state index contributed by atoms with van der Waals surface area (Å²) in [4.78, 5) is 2.39. The molecule has 0 radical (unpaired) electrons. The Bertz CT molecular complexity index is 957. The van der Waals surface area contributed by atoms with E-state index in [1.807, 2.05) is 18.2 Å². The van der Waals surface area contributed by atoms with E-state index in [4.69, 9.17) is 5.26 Å². The summed E-state index contributed by atoms with van der Waals surface area (Å²) < 4.78 is 81.8. The SMILES string of the molecule is CC#N.CCN(CCc1ccccc1)C(C)CCc1ccc(C2C(C(F)(F)F)CCCC2C(F)(F)F)cc1. The monoisotopic (exact) mass is 540 g/mol. The van der Waals surface area contributed by atoms with Crippen LogP contribution in [0.3, 0.4) is 0 Å². The van der Waals surface area contributed by atoms with Crippen LogP contribution in [0.1, 0.15) is 69.1 Å². The fourth-order valence-corrected chi connectivity index (χ4v) is 5.47. The molecule has 2 aromatic carbocycles. The highest BCUT2D eigenvalue weighted by atomic mass is 19.4. The van der Waals surface area contributed by atoms with E-state index in [-0.39, 0.29) is 24.8 Å². The smallest absolute Gasteiger partial charge is 0.301 e. The molecule has 8 heteroatoms. The van der Waals surface area contributed by atoms with E-state index in [1.54, 1.807) is 18.2 Å². The molecule has 0 spiro atoms. The van der Waals surface area contributed by atoms with Crippen LogP contribution in [0, 0.1) is 23.2 Å². The predicted octanol–water partition coefficient (Wildman–Crippen LogP) is 8.73. The number of hydrogen-bond donors (Lipinski definition) is 0. The molecule has 3 unspecified atom stereocenters. The molecule has 0 N–H and O–H groups in total. The summed E-state index contributed by atoms with van der Waals surface area (Å²) in [6, 6.07) is 18.7. The molecule has 3 rings (SSSR count). The third kappa shape index (κ3) is 9.34. The van der Waals surface area contributed by atoms with Crippen LogP contribution >= 0.6 is 0 Å². The van der Waals surface area contributed by atoms with Crippen LogP contribution in [0.5, 0.6) is 0 Å². The van der Waals surface area contributed by atoms with Crippen LogP contribution in [0.25, 0.3) is 0 Å². The summed E-state index contributed by atoms with van der Waals surface area (Å²) in [5.74, 6) is -5.50. The Morgan fingerprint density at radius 3 is 1.84 bits per heavy atom. The topological polar surface area (TPSA) is 27.0 Å². The third-order valence-corrected chi connectivity index (χ3v) is 7.51. The van der Waals surface area contributed by atoms with E-state index >= 15 is 0 Å². The number of alkyl halides is 6. The van der Waals surface area contributed by atoms with E-state index < -0.39 is 30.1 Å². The van der Waals surface area contributed by atoms with Gasteiger partial charge in [0.2, 0.25) is 0 Å². The molecule has 0 aliphatic heterocycles. The average Bonchev–Trinajstić information content (AvgIpc) is 2.88. The number of halogens is 6. The van der Waals surface area contributed by atoms with Gasteiger partial charge in [-0.25, -0.2) is 0 Å². The molecule has 0 amide bonds. The number of nitrogens with zero attached hydrogens (tertiary/aromatic N) is 2. The second-order valence-corrected chi connectivity index (χ2v) is 9.97. The first-order valence-electron chi connectivity index (χ1n) is 13.2. The van der Waals surface area contributed by atoms with Gasteiger partial charge in [0.05, 0.1) is 17.9 Å². The lowest BCUT2D eigenvalue weighted by Gasteiger charge is -2.40. The van der Waals surface area contributed by atoms with Crippen LogP contribution in [0.15, 0.2) is 54.6 Å². The molecule has 2 nitrogen and oxygen atoms in total. The van der Waals surface area contributed by atoms with Crippen molar-refractivity contribution in [3.05, 3.63) is 71.3 Å². The fraction of sp³-hybridized carbons (Fsp3) is 0.567. The van der Waals surface area contributed by atoms with Crippen LogP contribution in [0.4, 0.5) is 26.3 Å². The zero-order valence-corrected chi connectivity index (χ0v) is 22.3. The van der Waals surface area contributed by atoms with Crippen molar-refractivity contribution in [1.29, 1.82) is 5.26 Å². The van der Waals surface area contributed by atoms with Crippen molar-refractivity contribution < 1.29 is 26.3 Å². The summed E-state index contributed by atoms with van der Waals surface area (Å²) in [5, 5.41) is 7.32. The van der Waals surface area contributed by atoms with Crippen molar-refractivity contribution >= 4 is 0 Å². The van der Waals surface area contributed by atoms with Crippen molar-refractivity contribution in [3.63, 3.8) is 0 Å². The molecule has 1 saturated carbocycles. The Labute approximate surface area is 222 Å². The Kier molecular flexibility index (Phi) is 12.2. The van der Waals surface area contributed by atoms with E-state index in [0.717, 1.165) is 37.9 Å². The van der Waals surface area contributed by atoms with Crippen molar-refractivity contribution in [3.8, 4) is 6.07 Å². The van der Waals surface area contributed by atoms with Gasteiger partial charge in [-0.15, -0.1) is 0 Å². The number of aryl methyl sites for hydroxylation is 1. The van der Waals surface area contributed by atoms with Gasteiger partial charge in [0.15, 0.2) is 0 Å². The molecule has 1 fully saturated rings. The van der Waals surface area contributed by atoms with Crippen molar-refractivity contribution in [2.45, 2.75) is 83.6 Å². The zero-order valence-electron chi connectivity index (χ0n) is 22.3. The Balaban J connectivity index is 0.00000161. The molecular formula is C30H38F6N2. The number of hydrogen-bond acceptors (Lipinski definition) is 2. The maximum absolute atomic E-state index is 13.6. The van der Waals surface area contributed by atoms with Crippen LogP contribution in [-0.4, -0.2) is 36.4 Å². The average molecular weight is 541 g/mol. The van der Waals surface area contributed by atoms with Gasteiger partial charge in [0.25, 0.3) is 0 Å². The number of nitriles is 1. The highest BCUT2D eigenvalue weighted by Crippen LogP contribution is 2.53. The second kappa shape index (κ2) is 14.6. The summed E-state index contributed by atoms with van der Waals surface area (Å²) in [6.07, 6.45) is -7.32.